The number of carbonyl (C=O) groups is 1. The summed E-state index contributed by atoms with van der Waals surface area (Å²) >= 11 is 13.0. The lowest BCUT2D eigenvalue weighted by Gasteiger charge is -2.00. The van der Waals surface area contributed by atoms with Crippen molar-refractivity contribution in [3.8, 4) is 16.3 Å². The summed E-state index contributed by atoms with van der Waals surface area (Å²) in [6.07, 6.45) is 1.48. The summed E-state index contributed by atoms with van der Waals surface area (Å²) in [5.74, 6) is -1.03. The molecule has 21 heavy (non-hydrogen) atoms. The molecule has 2 heterocycles. The lowest BCUT2D eigenvalue weighted by atomic mass is 10.2. The average Bonchev–Trinajstić information content (AvgIpc) is 3.05. The van der Waals surface area contributed by atoms with E-state index in [1.54, 1.807) is 36.4 Å². The lowest BCUT2D eigenvalue weighted by Crippen LogP contribution is -1.96. The Morgan fingerprint density at radius 1 is 1.14 bits per heavy atom. The van der Waals surface area contributed by atoms with Crippen molar-refractivity contribution >= 4 is 40.5 Å². The van der Waals surface area contributed by atoms with Crippen molar-refractivity contribution < 1.29 is 9.90 Å². The SMILES string of the molecule is O=C(O)c1cn(-c2ccc(Cl)cc2)nc1-c1ccc(Cl)s1. The molecular weight excluding hydrogens is 331 g/mol. The number of hydrogen-bond acceptors (Lipinski definition) is 3. The fourth-order valence-corrected chi connectivity index (χ4v) is 3.05. The molecule has 0 unspecified atom stereocenters. The topological polar surface area (TPSA) is 55.1 Å². The van der Waals surface area contributed by atoms with Gasteiger partial charge in [0.25, 0.3) is 0 Å². The first-order valence-corrected chi connectivity index (χ1v) is 7.46. The van der Waals surface area contributed by atoms with Crippen LogP contribution in [0.1, 0.15) is 10.4 Å². The monoisotopic (exact) mass is 338 g/mol. The second-order valence-corrected chi connectivity index (χ2v) is 6.37. The van der Waals surface area contributed by atoms with Crippen LogP contribution in [0.2, 0.25) is 9.36 Å². The molecule has 0 saturated carbocycles. The van der Waals surface area contributed by atoms with Gasteiger partial charge in [-0.3, -0.25) is 0 Å². The summed E-state index contributed by atoms with van der Waals surface area (Å²) in [7, 11) is 0. The van der Waals surface area contributed by atoms with Crippen LogP contribution >= 0.6 is 34.5 Å². The third-order valence-electron chi connectivity index (χ3n) is 2.84. The fourth-order valence-electron chi connectivity index (χ4n) is 1.88. The van der Waals surface area contributed by atoms with Crippen LogP contribution in [-0.4, -0.2) is 20.9 Å². The van der Waals surface area contributed by atoms with E-state index >= 15 is 0 Å². The van der Waals surface area contributed by atoms with E-state index in [0.29, 0.717) is 19.9 Å². The van der Waals surface area contributed by atoms with E-state index in [-0.39, 0.29) is 5.56 Å². The molecule has 1 aromatic carbocycles. The minimum atomic E-state index is -1.03. The molecule has 3 rings (SSSR count). The number of rotatable bonds is 3. The van der Waals surface area contributed by atoms with Crippen LogP contribution in [-0.2, 0) is 0 Å². The van der Waals surface area contributed by atoms with Gasteiger partial charge in [0.1, 0.15) is 11.3 Å². The van der Waals surface area contributed by atoms with Gasteiger partial charge in [0.2, 0.25) is 0 Å². The van der Waals surface area contributed by atoms with E-state index < -0.39 is 5.97 Å². The summed E-state index contributed by atoms with van der Waals surface area (Å²) in [4.78, 5) is 12.1. The Morgan fingerprint density at radius 2 is 1.86 bits per heavy atom. The number of thiophene rings is 1. The molecule has 0 saturated heterocycles. The van der Waals surface area contributed by atoms with Crippen molar-refractivity contribution in [3.05, 3.63) is 57.5 Å². The molecular formula is C14H8Cl2N2O2S. The molecule has 4 nitrogen and oxygen atoms in total. The van der Waals surface area contributed by atoms with Gasteiger partial charge in [0.15, 0.2) is 0 Å². The number of aromatic nitrogens is 2. The van der Waals surface area contributed by atoms with Gasteiger partial charge in [-0.1, -0.05) is 23.2 Å². The van der Waals surface area contributed by atoms with E-state index in [0.717, 1.165) is 5.69 Å². The highest BCUT2D eigenvalue weighted by molar-refractivity contribution is 7.19. The van der Waals surface area contributed by atoms with Gasteiger partial charge in [-0.15, -0.1) is 11.3 Å². The molecule has 3 aromatic rings. The molecule has 0 spiro atoms. The van der Waals surface area contributed by atoms with Crippen molar-refractivity contribution in [1.82, 2.24) is 9.78 Å². The molecule has 0 aliphatic carbocycles. The van der Waals surface area contributed by atoms with Gasteiger partial charge >= 0.3 is 5.97 Å². The van der Waals surface area contributed by atoms with E-state index in [1.807, 2.05) is 0 Å². The smallest absolute Gasteiger partial charge is 0.339 e. The molecule has 0 bridgehead atoms. The Labute approximate surface area is 134 Å². The number of carboxylic acid groups (broad SMARTS) is 1. The van der Waals surface area contributed by atoms with Crippen molar-refractivity contribution in [1.29, 1.82) is 0 Å². The van der Waals surface area contributed by atoms with Crippen LogP contribution in [0.3, 0.4) is 0 Å². The highest BCUT2D eigenvalue weighted by Gasteiger charge is 2.19. The highest BCUT2D eigenvalue weighted by Crippen LogP contribution is 2.32. The van der Waals surface area contributed by atoms with Gasteiger partial charge in [-0.25, -0.2) is 9.48 Å². The van der Waals surface area contributed by atoms with Gasteiger partial charge in [0.05, 0.1) is 14.9 Å². The first-order chi connectivity index (χ1) is 10.0. The molecule has 0 radical (unpaired) electrons. The molecule has 0 fully saturated rings. The van der Waals surface area contributed by atoms with Gasteiger partial charge in [-0.2, -0.15) is 5.10 Å². The molecule has 0 atom stereocenters. The first kappa shape index (κ1) is 14.1. The Balaban J connectivity index is 2.12. The van der Waals surface area contributed by atoms with E-state index in [1.165, 1.54) is 22.2 Å². The van der Waals surface area contributed by atoms with Crippen LogP contribution in [0, 0.1) is 0 Å². The standard InChI is InChI=1S/C14H8Cl2N2O2S/c15-8-1-3-9(4-2-8)18-7-10(14(19)20)13(17-18)11-5-6-12(16)21-11/h1-7H,(H,19,20). The number of carboxylic acids is 1. The predicted molar refractivity (Wildman–Crippen MR) is 83.9 cm³/mol. The summed E-state index contributed by atoms with van der Waals surface area (Å²) in [6, 6.07) is 10.5. The van der Waals surface area contributed by atoms with Crippen molar-refractivity contribution in [2.24, 2.45) is 0 Å². The maximum atomic E-state index is 11.4. The lowest BCUT2D eigenvalue weighted by molar-refractivity contribution is 0.0697. The number of benzene rings is 1. The molecule has 1 N–H and O–H groups in total. The summed E-state index contributed by atoms with van der Waals surface area (Å²) in [5, 5.41) is 14.3. The normalized spacial score (nSPS) is 10.8. The third kappa shape index (κ3) is 2.81. The maximum Gasteiger partial charge on any atom is 0.339 e. The van der Waals surface area contributed by atoms with Gasteiger partial charge in [0, 0.05) is 11.2 Å². The van der Waals surface area contributed by atoms with E-state index in [2.05, 4.69) is 5.10 Å². The zero-order valence-electron chi connectivity index (χ0n) is 10.5. The van der Waals surface area contributed by atoms with Crippen molar-refractivity contribution in [2.75, 3.05) is 0 Å². The molecule has 106 valence electrons. The molecule has 0 aliphatic heterocycles. The third-order valence-corrected chi connectivity index (χ3v) is 4.33. The number of halogens is 2. The summed E-state index contributed by atoms with van der Waals surface area (Å²) in [6.45, 7) is 0. The summed E-state index contributed by atoms with van der Waals surface area (Å²) < 4.78 is 2.10. The van der Waals surface area contributed by atoms with Crippen molar-refractivity contribution in [3.63, 3.8) is 0 Å². The maximum absolute atomic E-state index is 11.4. The van der Waals surface area contributed by atoms with Crippen LogP contribution in [0.25, 0.3) is 16.3 Å². The van der Waals surface area contributed by atoms with E-state index in [9.17, 15) is 9.90 Å². The number of aromatic carboxylic acids is 1. The van der Waals surface area contributed by atoms with Crippen LogP contribution < -0.4 is 0 Å². The van der Waals surface area contributed by atoms with Gasteiger partial charge < -0.3 is 5.11 Å². The first-order valence-electron chi connectivity index (χ1n) is 5.89. The van der Waals surface area contributed by atoms with Crippen LogP contribution in [0.4, 0.5) is 0 Å². The number of nitrogens with zero attached hydrogens (tertiary/aromatic N) is 2. The second kappa shape index (κ2) is 5.52. The molecule has 7 heteroatoms. The zero-order valence-corrected chi connectivity index (χ0v) is 12.8. The minimum Gasteiger partial charge on any atom is -0.478 e. The largest absolute Gasteiger partial charge is 0.478 e. The van der Waals surface area contributed by atoms with Gasteiger partial charge in [-0.05, 0) is 36.4 Å². The quantitative estimate of drug-likeness (QED) is 0.758. The summed E-state index contributed by atoms with van der Waals surface area (Å²) in [5.41, 5.74) is 1.26. The Bertz CT molecular complexity index is 809. The molecule has 2 aromatic heterocycles. The van der Waals surface area contributed by atoms with Crippen LogP contribution in [0.15, 0.2) is 42.6 Å². The average molecular weight is 339 g/mol. The Morgan fingerprint density at radius 3 is 2.43 bits per heavy atom. The van der Waals surface area contributed by atoms with Crippen LogP contribution in [0.5, 0.6) is 0 Å². The minimum absolute atomic E-state index is 0.128. The molecule has 0 aliphatic rings. The fraction of sp³-hybridized carbons (Fsp3) is 0. The second-order valence-electron chi connectivity index (χ2n) is 4.22. The highest BCUT2D eigenvalue weighted by atomic mass is 35.5. The zero-order chi connectivity index (χ0) is 15.0. The Kier molecular flexibility index (Phi) is 3.71. The predicted octanol–water partition coefficient (Wildman–Crippen LogP) is 4.61. The Hall–Kier alpha value is -1.82. The molecule has 0 amide bonds. The van der Waals surface area contributed by atoms with Crippen molar-refractivity contribution in [2.45, 2.75) is 0 Å². The number of hydrogen-bond donors (Lipinski definition) is 1. The van der Waals surface area contributed by atoms with E-state index in [4.69, 9.17) is 23.2 Å².